The fourth-order valence-corrected chi connectivity index (χ4v) is 2.47. The number of nitrogens with zero attached hydrogens (tertiary/aromatic N) is 2. The lowest BCUT2D eigenvalue weighted by atomic mass is 9.96. The van der Waals surface area contributed by atoms with Crippen molar-refractivity contribution in [2.45, 2.75) is 58.0 Å². The van der Waals surface area contributed by atoms with Gasteiger partial charge in [-0.1, -0.05) is 38.8 Å². The van der Waals surface area contributed by atoms with E-state index in [0.29, 0.717) is 12.1 Å². The van der Waals surface area contributed by atoms with E-state index < -0.39 is 12.4 Å². The fourth-order valence-electron chi connectivity index (χ4n) is 2.47. The maximum Gasteiger partial charge on any atom is 0.141 e. The Morgan fingerprint density at radius 2 is 2.42 bits per heavy atom. The van der Waals surface area contributed by atoms with Crippen molar-refractivity contribution < 1.29 is 9.50 Å². The SMILES string of the molecule is C=CC(C)C(CCCC)NC(O)/C(C#N)=C/C1=NCC(F)CC=C1. The molecule has 0 saturated heterocycles. The van der Waals surface area contributed by atoms with E-state index in [4.69, 9.17) is 0 Å². The predicted molar refractivity (Wildman–Crippen MR) is 96.5 cm³/mol. The average Bonchev–Trinajstić information content (AvgIpc) is 2.79. The first-order chi connectivity index (χ1) is 11.5. The molecule has 0 bridgehead atoms. The van der Waals surface area contributed by atoms with E-state index in [0.717, 1.165) is 19.3 Å². The molecule has 2 N–H and O–H groups in total. The Labute approximate surface area is 144 Å². The number of aliphatic hydroxyl groups excluding tert-OH is 1. The number of hydrogen-bond acceptors (Lipinski definition) is 4. The molecule has 0 spiro atoms. The Kier molecular flexibility index (Phi) is 9.21. The summed E-state index contributed by atoms with van der Waals surface area (Å²) in [7, 11) is 0. The molecule has 1 heterocycles. The highest BCUT2D eigenvalue weighted by molar-refractivity contribution is 6.05. The van der Waals surface area contributed by atoms with Crippen molar-refractivity contribution in [2.75, 3.05) is 6.54 Å². The van der Waals surface area contributed by atoms with Crippen molar-refractivity contribution in [3.63, 3.8) is 0 Å². The van der Waals surface area contributed by atoms with Crippen molar-refractivity contribution >= 4 is 5.71 Å². The van der Waals surface area contributed by atoms with Gasteiger partial charge >= 0.3 is 0 Å². The highest BCUT2D eigenvalue weighted by atomic mass is 19.1. The molecular formula is C19H28FN3O. The number of aliphatic hydroxyl groups is 1. The van der Waals surface area contributed by atoms with Gasteiger partial charge in [0.1, 0.15) is 12.4 Å². The van der Waals surface area contributed by atoms with E-state index in [1.807, 2.05) is 19.1 Å². The number of rotatable bonds is 9. The minimum Gasteiger partial charge on any atom is -0.374 e. The summed E-state index contributed by atoms with van der Waals surface area (Å²) in [4.78, 5) is 4.13. The molecule has 5 heteroatoms. The van der Waals surface area contributed by atoms with E-state index >= 15 is 0 Å². The summed E-state index contributed by atoms with van der Waals surface area (Å²) in [5, 5.41) is 22.8. The summed E-state index contributed by atoms with van der Waals surface area (Å²) in [6.45, 7) is 8.03. The molecule has 1 rings (SSSR count). The third-order valence-corrected chi connectivity index (χ3v) is 4.13. The average molecular weight is 333 g/mol. The molecule has 0 saturated carbocycles. The molecule has 0 aliphatic carbocycles. The van der Waals surface area contributed by atoms with Crippen LogP contribution in [0.25, 0.3) is 0 Å². The zero-order valence-corrected chi connectivity index (χ0v) is 14.6. The lowest BCUT2D eigenvalue weighted by Gasteiger charge is -2.26. The first kappa shape index (κ1) is 20.3. The second-order valence-electron chi connectivity index (χ2n) is 6.13. The summed E-state index contributed by atoms with van der Waals surface area (Å²) in [6, 6.07) is 2.05. The standard InChI is InChI=1S/C19H28FN3O/c1-4-6-10-18(14(3)5-2)23-19(24)15(12-21)11-17-9-7-8-16(20)13-22-17/h5,7,9,11,14,16,18-19,23-24H,2,4,6,8,10,13H2,1,3H3/b15-11+. The smallest absolute Gasteiger partial charge is 0.141 e. The van der Waals surface area contributed by atoms with Crippen LogP contribution in [-0.2, 0) is 0 Å². The summed E-state index contributed by atoms with van der Waals surface area (Å²) < 4.78 is 13.3. The molecule has 24 heavy (non-hydrogen) atoms. The number of aliphatic imine (C=N–C) groups is 1. The number of halogens is 1. The van der Waals surface area contributed by atoms with Gasteiger partial charge in [-0.05, 0) is 30.9 Å². The monoisotopic (exact) mass is 333 g/mol. The topological polar surface area (TPSA) is 68.4 Å². The molecule has 0 aromatic heterocycles. The Bertz CT molecular complexity index is 533. The Balaban J connectivity index is 2.84. The van der Waals surface area contributed by atoms with Crippen molar-refractivity contribution in [1.29, 1.82) is 5.26 Å². The zero-order valence-electron chi connectivity index (χ0n) is 14.6. The van der Waals surface area contributed by atoms with Gasteiger partial charge in [0.05, 0.1) is 23.9 Å². The number of unbranched alkanes of at least 4 members (excludes halogenated alkanes) is 1. The van der Waals surface area contributed by atoms with Crippen LogP contribution in [0.3, 0.4) is 0 Å². The van der Waals surface area contributed by atoms with Crippen LogP contribution in [-0.4, -0.2) is 35.8 Å². The van der Waals surface area contributed by atoms with E-state index in [1.54, 1.807) is 12.2 Å². The summed E-state index contributed by atoms with van der Waals surface area (Å²) >= 11 is 0. The Morgan fingerprint density at radius 3 is 3.04 bits per heavy atom. The zero-order chi connectivity index (χ0) is 17.9. The molecule has 4 unspecified atom stereocenters. The van der Waals surface area contributed by atoms with E-state index in [9.17, 15) is 14.8 Å². The molecule has 4 atom stereocenters. The van der Waals surface area contributed by atoms with Gasteiger partial charge in [-0.15, -0.1) is 6.58 Å². The molecule has 0 aromatic carbocycles. The van der Waals surface area contributed by atoms with Gasteiger partial charge in [0, 0.05) is 6.04 Å². The second kappa shape index (κ2) is 10.9. The maximum absolute atomic E-state index is 13.3. The van der Waals surface area contributed by atoms with Crippen LogP contribution in [0.4, 0.5) is 4.39 Å². The quantitative estimate of drug-likeness (QED) is 0.386. The summed E-state index contributed by atoms with van der Waals surface area (Å²) in [5.74, 6) is 0.175. The van der Waals surface area contributed by atoms with Gasteiger partial charge in [-0.25, -0.2) is 4.39 Å². The molecule has 0 aromatic rings. The normalized spacial score (nSPS) is 22.0. The lowest BCUT2D eigenvalue weighted by Crippen LogP contribution is -2.42. The third kappa shape index (κ3) is 6.77. The lowest BCUT2D eigenvalue weighted by molar-refractivity contribution is 0.148. The van der Waals surface area contributed by atoms with Crippen LogP contribution in [0.5, 0.6) is 0 Å². The number of allylic oxidation sites excluding steroid dienone is 3. The molecule has 0 amide bonds. The number of nitriles is 1. The van der Waals surface area contributed by atoms with Crippen molar-refractivity contribution in [3.8, 4) is 6.07 Å². The second-order valence-corrected chi connectivity index (χ2v) is 6.13. The van der Waals surface area contributed by atoms with Crippen LogP contribution in [0.1, 0.15) is 39.5 Å². The van der Waals surface area contributed by atoms with E-state index in [-0.39, 0.29) is 24.1 Å². The molecule has 132 valence electrons. The third-order valence-electron chi connectivity index (χ3n) is 4.13. The van der Waals surface area contributed by atoms with Crippen molar-refractivity contribution in [3.05, 3.63) is 36.5 Å². The summed E-state index contributed by atoms with van der Waals surface area (Å²) in [6.07, 6.45) is 7.97. The minimum absolute atomic E-state index is 0.0380. The summed E-state index contributed by atoms with van der Waals surface area (Å²) in [5.41, 5.74) is 0.683. The van der Waals surface area contributed by atoms with Crippen molar-refractivity contribution in [2.24, 2.45) is 10.9 Å². The molecule has 1 aliphatic rings. The van der Waals surface area contributed by atoms with Crippen molar-refractivity contribution in [1.82, 2.24) is 5.32 Å². The molecule has 1 aliphatic heterocycles. The fraction of sp³-hybridized carbons (Fsp3) is 0.579. The van der Waals surface area contributed by atoms with Crippen LogP contribution in [0.2, 0.25) is 0 Å². The minimum atomic E-state index is -1.08. The van der Waals surface area contributed by atoms with Gasteiger partial charge in [0.25, 0.3) is 0 Å². The molecular weight excluding hydrogens is 305 g/mol. The molecule has 4 nitrogen and oxygen atoms in total. The van der Waals surface area contributed by atoms with Crippen LogP contribution >= 0.6 is 0 Å². The van der Waals surface area contributed by atoms with E-state index in [1.165, 1.54) is 6.08 Å². The van der Waals surface area contributed by atoms with Crippen LogP contribution in [0, 0.1) is 17.2 Å². The van der Waals surface area contributed by atoms with Gasteiger partial charge < -0.3 is 5.11 Å². The highest BCUT2D eigenvalue weighted by Gasteiger charge is 2.20. The number of hydrogen-bond donors (Lipinski definition) is 2. The molecule has 0 radical (unpaired) electrons. The Morgan fingerprint density at radius 1 is 1.67 bits per heavy atom. The maximum atomic E-state index is 13.3. The first-order valence-corrected chi connectivity index (χ1v) is 8.55. The number of alkyl halides is 1. The van der Waals surface area contributed by atoms with Gasteiger partial charge in [-0.3, -0.25) is 10.3 Å². The van der Waals surface area contributed by atoms with Crippen LogP contribution < -0.4 is 5.32 Å². The highest BCUT2D eigenvalue weighted by Crippen LogP contribution is 2.14. The largest absolute Gasteiger partial charge is 0.374 e. The van der Waals surface area contributed by atoms with Gasteiger partial charge in [0.2, 0.25) is 0 Å². The van der Waals surface area contributed by atoms with Gasteiger partial charge in [-0.2, -0.15) is 5.26 Å². The Hall–Kier alpha value is -1.77. The first-order valence-electron chi connectivity index (χ1n) is 8.55. The van der Waals surface area contributed by atoms with E-state index in [2.05, 4.69) is 23.8 Å². The molecule has 0 fully saturated rings. The van der Waals surface area contributed by atoms with Gasteiger partial charge in [0.15, 0.2) is 0 Å². The predicted octanol–water partition coefficient (Wildman–Crippen LogP) is 3.46. The number of nitrogens with one attached hydrogen (secondary N) is 1. The van der Waals surface area contributed by atoms with Crippen LogP contribution in [0.15, 0.2) is 41.4 Å².